The number of carbonyl (C=O) groups excluding carboxylic acids is 1. The van der Waals surface area contributed by atoms with E-state index in [1.165, 1.54) is 19.2 Å². The topological polar surface area (TPSA) is 69.7 Å². The molecule has 2 heterocycles. The number of halogens is 3. The van der Waals surface area contributed by atoms with Crippen molar-refractivity contribution in [3.63, 3.8) is 0 Å². The molecule has 1 aliphatic heterocycles. The summed E-state index contributed by atoms with van der Waals surface area (Å²) in [5, 5.41) is 6.59. The number of hydrogen-bond donors (Lipinski definition) is 2. The molecule has 0 aliphatic carbocycles. The van der Waals surface area contributed by atoms with Crippen LogP contribution in [0.1, 0.15) is 83.4 Å². The lowest BCUT2D eigenvalue weighted by atomic mass is 9.85. The predicted octanol–water partition coefficient (Wildman–Crippen LogP) is 8.47. The lowest BCUT2D eigenvalue weighted by Gasteiger charge is -2.38. The molecule has 11 heteroatoms. The van der Waals surface area contributed by atoms with Crippen molar-refractivity contribution < 1.29 is 22.7 Å². The molecule has 1 amide bonds. The minimum atomic E-state index is -4.66. The number of anilines is 3. The molecule has 0 bridgehead atoms. The van der Waals surface area contributed by atoms with Gasteiger partial charge in [0.2, 0.25) is 5.91 Å². The van der Waals surface area contributed by atoms with Crippen LogP contribution in [0.25, 0.3) is 0 Å². The van der Waals surface area contributed by atoms with Crippen LogP contribution in [0, 0.1) is 12.8 Å². The van der Waals surface area contributed by atoms with Gasteiger partial charge in [-0.1, -0.05) is 45.1 Å². The number of rotatable bonds is 11. The first-order chi connectivity index (χ1) is 21.1. The molecule has 3 rings (SSSR count). The van der Waals surface area contributed by atoms with Gasteiger partial charge in [-0.3, -0.25) is 9.78 Å². The van der Waals surface area contributed by atoms with Crippen molar-refractivity contribution in [2.75, 3.05) is 37.9 Å². The average molecular weight is 628 g/mol. The summed E-state index contributed by atoms with van der Waals surface area (Å²) in [6.07, 6.45) is -0.503. The number of amides is 1. The normalized spacial score (nSPS) is 15.6. The molecule has 2 N–H and O–H groups in total. The lowest BCUT2D eigenvalue weighted by molar-refractivity contribution is -0.191. The lowest BCUT2D eigenvalue weighted by Crippen LogP contribution is -2.45. The maximum Gasteiger partial charge on any atom is 0.413 e. The quantitative estimate of drug-likeness (QED) is 0.244. The Morgan fingerprint density at radius 1 is 1.18 bits per heavy atom. The molecular weight excluding hydrogens is 578 g/mol. The first kappa shape index (κ1) is 37.7. The van der Waals surface area contributed by atoms with E-state index in [2.05, 4.69) is 22.2 Å². The van der Waals surface area contributed by atoms with Crippen LogP contribution in [-0.2, 0) is 9.53 Å². The van der Waals surface area contributed by atoms with Crippen LogP contribution >= 0.6 is 0 Å². The molecule has 1 aromatic heterocycles. The van der Waals surface area contributed by atoms with Gasteiger partial charge in [-0.25, -0.2) is 0 Å². The van der Waals surface area contributed by atoms with Crippen molar-refractivity contribution in [3.05, 3.63) is 71.3 Å². The maximum absolute atomic E-state index is 14.4. The fourth-order valence-electron chi connectivity index (χ4n) is 5.32. The Hall–Kier alpha value is -3.47. The molecule has 7 nitrogen and oxygen atoms in total. The number of nitrogens with zero attached hydrogens (tertiary/aromatic N) is 3. The molecular formula is C34H49BF3N5O2. The zero-order valence-electron chi connectivity index (χ0n) is 28.2. The average Bonchev–Trinajstić information content (AvgIpc) is 3.01. The van der Waals surface area contributed by atoms with E-state index in [0.717, 1.165) is 33.1 Å². The van der Waals surface area contributed by atoms with E-state index < -0.39 is 24.0 Å². The van der Waals surface area contributed by atoms with Gasteiger partial charge in [0, 0.05) is 50.1 Å². The number of piperidine rings is 1. The number of hydrogen-bond acceptors (Lipinski definition) is 6. The summed E-state index contributed by atoms with van der Waals surface area (Å²) in [6, 6.07) is 3.89. The number of benzene rings is 1. The van der Waals surface area contributed by atoms with Gasteiger partial charge in [-0.15, -0.1) is 0 Å². The van der Waals surface area contributed by atoms with E-state index in [1.54, 1.807) is 25.4 Å². The Morgan fingerprint density at radius 3 is 2.24 bits per heavy atom. The van der Waals surface area contributed by atoms with Gasteiger partial charge in [0.05, 0.1) is 37.2 Å². The van der Waals surface area contributed by atoms with Crippen molar-refractivity contribution in [1.82, 2.24) is 14.8 Å². The summed E-state index contributed by atoms with van der Waals surface area (Å²) < 4.78 is 48.8. The summed E-state index contributed by atoms with van der Waals surface area (Å²) in [6.45, 7) is 18.6. The number of allylic oxidation sites excluding steroid dienone is 2. The predicted molar refractivity (Wildman–Crippen MR) is 179 cm³/mol. The third-order valence-corrected chi connectivity index (χ3v) is 7.90. The summed E-state index contributed by atoms with van der Waals surface area (Å²) in [5.74, 6) is -1.24. The number of pyridine rings is 1. The summed E-state index contributed by atoms with van der Waals surface area (Å²) >= 11 is 0. The molecule has 2 aromatic rings. The van der Waals surface area contributed by atoms with Crippen molar-refractivity contribution in [3.8, 4) is 0 Å². The molecule has 1 fully saturated rings. The van der Waals surface area contributed by atoms with E-state index in [9.17, 15) is 18.0 Å². The van der Waals surface area contributed by atoms with Gasteiger partial charge in [0.1, 0.15) is 0 Å². The molecule has 246 valence electrons. The summed E-state index contributed by atoms with van der Waals surface area (Å²) in [5.41, 5.74) is 5.47. The Bertz CT molecular complexity index is 1300. The third kappa shape index (κ3) is 9.76. The summed E-state index contributed by atoms with van der Waals surface area (Å²) in [4.78, 5) is 20.6. The second kappa shape index (κ2) is 16.7. The van der Waals surface area contributed by atoms with Gasteiger partial charge in [0.15, 0.2) is 6.04 Å². The smallest absolute Gasteiger partial charge is 0.377 e. The number of methoxy groups -OCH3 is 1. The molecule has 1 aromatic carbocycles. The van der Waals surface area contributed by atoms with Crippen LogP contribution in [0.3, 0.4) is 0 Å². The van der Waals surface area contributed by atoms with Gasteiger partial charge in [-0.2, -0.15) is 13.2 Å². The molecule has 1 unspecified atom stereocenters. The Kier molecular flexibility index (Phi) is 14.0. The first-order valence-electron chi connectivity index (χ1n) is 15.5. The number of nitrogens with one attached hydrogen (secondary N) is 2. The zero-order valence-corrected chi connectivity index (χ0v) is 28.2. The zero-order chi connectivity index (χ0) is 34.1. The van der Waals surface area contributed by atoms with E-state index in [1.807, 2.05) is 59.6 Å². The fraction of sp³-hybridized carbons (Fsp3) is 0.529. The van der Waals surface area contributed by atoms with Crippen LogP contribution in [0.15, 0.2) is 54.5 Å². The fourth-order valence-corrected chi connectivity index (χ4v) is 5.32. The first-order valence-corrected chi connectivity index (χ1v) is 15.5. The standard InChI is InChI=1S/C32H43BF3N5O2.C2H6/c1-19(2)17-38-29-21(4)37-18-27(28(29)23(6)43-8)39-26-11-9-24(10-12-26)30(32(34,35)36)40(7)31(42)25-13-15-41(16-14-25)22(5)20(3)33;1-2/h9-12,17-18,20,23,25,30,38-39H,5,13-16H2,1-4,6-8H3;1-2H3/t20-,23?,30+;/m1./s1. The second-order valence-corrected chi connectivity index (χ2v) is 11.5. The van der Waals surface area contributed by atoms with Crippen molar-refractivity contribution in [2.45, 2.75) is 85.4 Å². The van der Waals surface area contributed by atoms with Crippen molar-refractivity contribution in [1.29, 1.82) is 0 Å². The van der Waals surface area contributed by atoms with Gasteiger partial charge in [-0.05, 0) is 70.2 Å². The summed E-state index contributed by atoms with van der Waals surface area (Å²) in [7, 11) is 8.76. The molecule has 0 saturated carbocycles. The van der Waals surface area contributed by atoms with E-state index >= 15 is 0 Å². The Labute approximate surface area is 268 Å². The monoisotopic (exact) mass is 627 g/mol. The molecule has 1 saturated heterocycles. The maximum atomic E-state index is 14.4. The molecule has 45 heavy (non-hydrogen) atoms. The van der Waals surface area contributed by atoms with Crippen LogP contribution in [0.4, 0.5) is 30.2 Å². The third-order valence-electron chi connectivity index (χ3n) is 7.90. The largest absolute Gasteiger partial charge is 0.413 e. The van der Waals surface area contributed by atoms with Crippen molar-refractivity contribution in [2.24, 2.45) is 5.92 Å². The molecule has 3 atom stereocenters. The van der Waals surface area contributed by atoms with Crippen molar-refractivity contribution >= 4 is 30.8 Å². The van der Waals surface area contributed by atoms with Gasteiger partial charge >= 0.3 is 6.18 Å². The number of carbonyl (C=O) groups is 1. The minimum Gasteiger partial charge on any atom is -0.377 e. The SMILES string of the molecule is CC.[B][C@H](C)C(=C)N1CCC(C(=O)N(C)[C@@H](c2ccc(Nc3cnc(C)c(NC=C(C)C)c3C(C)OC)cc2)C(F)(F)F)CC1. The van der Waals surface area contributed by atoms with Crippen LogP contribution < -0.4 is 10.6 Å². The minimum absolute atomic E-state index is 0.0184. The second-order valence-electron chi connectivity index (χ2n) is 11.5. The van der Waals surface area contributed by atoms with E-state index in [-0.39, 0.29) is 17.5 Å². The number of ether oxygens (including phenoxy) is 1. The van der Waals surface area contributed by atoms with Crippen LogP contribution in [-0.4, -0.2) is 62.0 Å². The van der Waals surface area contributed by atoms with E-state index in [0.29, 0.717) is 37.3 Å². The van der Waals surface area contributed by atoms with Crippen LogP contribution in [0.2, 0.25) is 5.82 Å². The Balaban J connectivity index is 0.00000345. The van der Waals surface area contributed by atoms with Gasteiger partial charge in [0.25, 0.3) is 0 Å². The number of likely N-dealkylation sites (tertiary alicyclic amines) is 1. The highest BCUT2D eigenvalue weighted by atomic mass is 19.4. The Morgan fingerprint density at radius 2 is 1.76 bits per heavy atom. The highest BCUT2D eigenvalue weighted by Crippen LogP contribution is 2.40. The molecule has 1 aliphatic rings. The van der Waals surface area contributed by atoms with E-state index in [4.69, 9.17) is 12.6 Å². The molecule has 0 spiro atoms. The number of aromatic nitrogens is 1. The van der Waals surface area contributed by atoms with Crippen LogP contribution in [0.5, 0.6) is 0 Å². The highest BCUT2D eigenvalue weighted by Gasteiger charge is 2.46. The number of alkyl halides is 3. The highest BCUT2D eigenvalue weighted by molar-refractivity contribution is 6.13. The number of aryl methyl sites for hydroxylation is 1. The van der Waals surface area contributed by atoms with Gasteiger partial charge < -0.3 is 25.2 Å². The molecule has 2 radical (unpaired) electrons.